The largest absolute Gasteiger partial charge is 0.325 e. The van der Waals surface area contributed by atoms with Gasteiger partial charge in [0, 0.05) is 11.1 Å². The third-order valence-electron chi connectivity index (χ3n) is 9.34. The molecule has 0 saturated heterocycles. The molecule has 8 bridgehead atoms. The van der Waals surface area contributed by atoms with Crippen molar-refractivity contribution in [3.8, 4) is 0 Å². The van der Waals surface area contributed by atoms with Crippen molar-refractivity contribution in [1.82, 2.24) is 0 Å². The van der Waals surface area contributed by atoms with Crippen molar-refractivity contribution in [2.75, 3.05) is 0 Å². The Labute approximate surface area is 159 Å². The fraction of sp³-hybridized carbons (Fsp3) is 1.00. The predicted octanol–water partition coefficient (Wildman–Crippen LogP) is 4.43. The zero-order chi connectivity index (χ0) is 14.8. The van der Waals surface area contributed by atoms with Crippen molar-refractivity contribution in [1.29, 1.82) is 0 Å². The average molecular weight is 373 g/mol. The molecular weight excluding hydrogens is 339 g/mol. The van der Waals surface area contributed by atoms with Crippen LogP contribution in [0.3, 0.4) is 0 Å². The van der Waals surface area contributed by atoms with Crippen LogP contribution < -0.4 is 11.5 Å². The molecule has 8 aliphatic rings. The van der Waals surface area contributed by atoms with Gasteiger partial charge >= 0.3 is 0 Å². The van der Waals surface area contributed by atoms with Crippen molar-refractivity contribution in [2.24, 2.45) is 46.0 Å². The van der Waals surface area contributed by atoms with Crippen molar-refractivity contribution in [3.05, 3.63) is 0 Å². The fourth-order valence-electron chi connectivity index (χ4n) is 9.91. The lowest BCUT2D eigenvalue weighted by Crippen LogP contribution is -2.70. The Bertz CT molecular complexity index is 472. The topological polar surface area (TPSA) is 52.0 Å². The van der Waals surface area contributed by atoms with Crippen LogP contribution in [0.15, 0.2) is 0 Å². The first-order valence-corrected chi connectivity index (χ1v) is 9.97. The SMILES string of the molecule is Cl.Cl.NC12C[C@H]3C[C@@H](C1)CC(C14C[C@@H]5C[C@@H](CC(N)(C5)C1)C4)(C3)C2. The highest BCUT2D eigenvalue weighted by atomic mass is 35.5. The van der Waals surface area contributed by atoms with Gasteiger partial charge in [-0.25, -0.2) is 0 Å². The first-order valence-electron chi connectivity index (χ1n) is 9.97. The van der Waals surface area contributed by atoms with Gasteiger partial charge in [0.2, 0.25) is 0 Å². The van der Waals surface area contributed by atoms with Crippen molar-refractivity contribution < 1.29 is 0 Å². The Morgan fingerprint density at radius 1 is 0.500 bits per heavy atom. The number of nitrogens with two attached hydrogens (primary N) is 2. The van der Waals surface area contributed by atoms with Gasteiger partial charge in [-0.05, 0) is 112 Å². The Balaban J connectivity index is 0.000000729. The average Bonchev–Trinajstić information content (AvgIpc) is 2.31. The third-order valence-corrected chi connectivity index (χ3v) is 9.34. The summed E-state index contributed by atoms with van der Waals surface area (Å²) in [5, 5.41) is 0. The standard InChI is InChI=1S/C20H32N2.2ClH/c21-19-7-13-1-14(8-19)4-17(3-13,11-19)18-5-15-2-16(6-18)10-20(22,9-15)12-18;;/h13-16H,1-12,21-22H2;2*1H/t13-,14+,15-,16+,17?,18?,19?,20?;;. The van der Waals surface area contributed by atoms with Crippen LogP contribution in [0.4, 0.5) is 0 Å². The van der Waals surface area contributed by atoms with Crippen molar-refractivity contribution in [3.63, 3.8) is 0 Å². The molecule has 8 aliphatic carbocycles. The zero-order valence-corrected chi connectivity index (χ0v) is 16.4. The molecule has 0 aromatic carbocycles. The smallest absolute Gasteiger partial charge is 0.0165 e. The summed E-state index contributed by atoms with van der Waals surface area (Å²) in [7, 11) is 0. The molecule has 8 rings (SSSR count). The number of hydrogen-bond donors (Lipinski definition) is 2. The maximum Gasteiger partial charge on any atom is 0.0165 e. The van der Waals surface area contributed by atoms with Gasteiger partial charge in [0.15, 0.2) is 0 Å². The van der Waals surface area contributed by atoms with Gasteiger partial charge in [0.05, 0.1) is 0 Å². The molecule has 2 nitrogen and oxygen atoms in total. The first kappa shape index (κ1) is 17.9. The normalized spacial score (nSPS) is 62.2. The van der Waals surface area contributed by atoms with E-state index < -0.39 is 0 Å². The van der Waals surface area contributed by atoms with Crippen LogP contribution >= 0.6 is 24.8 Å². The van der Waals surface area contributed by atoms with Gasteiger partial charge in [-0.3, -0.25) is 0 Å². The van der Waals surface area contributed by atoms with Crippen molar-refractivity contribution >= 4 is 24.8 Å². The van der Waals surface area contributed by atoms with Gasteiger partial charge in [-0.15, -0.1) is 24.8 Å². The van der Waals surface area contributed by atoms with E-state index in [0.717, 1.165) is 23.7 Å². The quantitative estimate of drug-likeness (QED) is 0.715. The molecule has 0 aliphatic heterocycles. The monoisotopic (exact) mass is 372 g/mol. The highest BCUT2D eigenvalue weighted by Crippen LogP contribution is 2.75. The third kappa shape index (κ3) is 2.15. The van der Waals surface area contributed by atoms with E-state index in [1.165, 1.54) is 77.0 Å². The van der Waals surface area contributed by atoms with Crippen LogP contribution in [0.1, 0.15) is 77.0 Å². The summed E-state index contributed by atoms with van der Waals surface area (Å²) in [5.41, 5.74) is 15.4. The van der Waals surface area contributed by atoms with Crippen molar-refractivity contribution in [2.45, 2.75) is 88.1 Å². The van der Waals surface area contributed by atoms with E-state index in [0.29, 0.717) is 10.8 Å². The van der Waals surface area contributed by atoms with E-state index >= 15 is 0 Å². The summed E-state index contributed by atoms with van der Waals surface area (Å²) >= 11 is 0. The molecule has 8 atom stereocenters. The van der Waals surface area contributed by atoms with E-state index in [-0.39, 0.29) is 35.9 Å². The summed E-state index contributed by atoms with van der Waals surface area (Å²) in [4.78, 5) is 0. The summed E-state index contributed by atoms with van der Waals surface area (Å²) in [6, 6.07) is 0. The molecule has 4 unspecified atom stereocenters. The fourth-order valence-corrected chi connectivity index (χ4v) is 9.91. The highest BCUT2D eigenvalue weighted by molar-refractivity contribution is 5.85. The van der Waals surface area contributed by atoms with Crippen LogP contribution in [0.5, 0.6) is 0 Å². The molecule has 4 heteroatoms. The van der Waals surface area contributed by atoms with Gasteiger partial charge in [-0.2, -0.15) is 0 Å². The van der Waals surface area contributed by atoms with Gasteiger partial charge in [0.1, 0.15) is 0 Å². The summed E-state index contributed by atoms with van der Waals surface area (Å²) in [6.07, 6.45) is 17.1. The molecule has 0 spiro atoms. The molecule has 0 aromatic rings. The van der Waals surface area contributed by atoms with Gasteiger partial charge in [-0.1, -0.05) is 0 Å². The van der Waals surface area contributed by atoms with E-state index in [4.69, 9.17) is 11.5 Å². The molecule has 0 radical (unpaired) electrons. The summed E-state index contributed by atoms with van der Waals surface area (Å²) < 4.78 is 0. The maximum absolute atomic E-state index is 6.93. The molecule has 4 N–H and O–H groups in total. The Morgan fingerprint density at radius 2 is 0.792 bits per heavy atom. The van der Waals surface area contributed by atoms with E-state index in [9.17, 15) is 0 Å². The number of rotatable bonds is 1. The Kier molecular flexibility index (Phi) is 3.77. The molecule has 0 aromatic heterocycles. The first-order chi connectivity index (χ1) is 10.4. The second-order valence-electron chi connectivity index (χ2n) is 11.2. The van der Waals surface area contributed by atoms with E-state index in [2.05, 4.69) is 0 Å². The molecular formula is C20H34Cl2N2. The van der Waals surface area contributed by atoms with Gasteiger partial charge < -0.3 is 11.5 Å². The van der Waals surface area contributed by atoms with Crippen LogP contribution in [-0.4, -0.2) is 11.1 Å². The molecule has 24 heavy (non-hydrogen) atoms. The van der Waals surface area contributed by atoms with Crippen LogP contribution in [0, 0.1) is 34.5 Å². The molecule has 0 heterocycles. The molecule has 0 amide bonds. The Morgan fingerprint density at radius 3 is 1.04 bits per heavy atom. The van der Waals surface area contributed by atoms with Crippen LogP contribution in [-0.2, 0) is 0 Å². The van der Waals surface area contributed by atoms with Crippen LogP contribution in [0.2, 0.25) is 0 Å². The minimum Gasteiger partial charge on any atom is -0.325 e. The lowest BCUT2D eigenvalue weighted by molar-refractivity contribution is -0.207. The predicted molar refractivity (Wildman–Crippen MR) is 103 cm³/mol. The summed E-state index contributed by atoms with van der Waals surface area (Å²) in [5.74, 6) is 3.81. The lowest BCUT2D eigenvalue weighted by atomic mass is 9.33. The summed E-state index contributed by atoms with van der Waals surface area (Å²) in [6.45, 7) is 0. The van der Waals surface area contributed by atoms with Crippen LogP contribution in [0.25, 0.3) is 0 Å². The van der Waals surface area contributed by atoms with E-state index in [1.54, 1.807) is 0 Å². The zero-order valence-electron chi connectivity index (χ0n) is 14.8. The maximum atomic E-state index is 6.93. The second kappa shape index (κ2) is 5.06. The van der Waals surface area contributed by atoms with E-state index in [1.807, 2.05) is 0 Å². The van der Waals surface area contributed by atoms with Gasteiger partial charge in [0.25, 0.3) is 0 Å². The molecule has 8 fully saturated rings. The lowest BCUT2D eigenvalue weighted by Gasteiger charge is -2.73. The highest BCUT2D eigenvalue weighted by Gasteiger charge is 2.68. The second-order valence-corrected chi connectivity index (χ2v) is 11.2. The minimum atomic E-state index is 0. The molecule has 138 valence electrons. The Hall–Kier alpha value is 0.500. The number of halogens is 2. The minimum absolute atomic E-state index is 0. The molecule has 8 saturated carbocycles. The number of hydrogen-bond acceptors (Lipinski definition) is 2.